The number of anilines is 1. The van der Waals surface area contributed by atoms with Crippen LogP contribution in [0, 0.1) is 5.92 Å². The lowest BCUT2D eigenvalue weighted by Crippen LogP contribution is -2.33. The molecule has 1 fully saturated rings. The van der Waals surface area contributed by atoms with Crippen LogP contribution in [0.2, 0.25) is 0 Å². The highest BCUT2D eigenvalue weighted by Gasteiger charge is 2.20. The standard InChI is InChI=1S/C15H22N2O2/c16-13-6-4-11(5-7-13)9-15(19)17-10-12-2-1-3-14(18)8-12/h4-7,12,14,18H,1-3,8-10,16H2,(H,17,19). The van der Waals surface area contributed by atoms with E-state index in [1.165, 1.54) is 0 Å². The summed E-state index contributed by atoms with van der Waals surface area (Å²) in [6.45, 7) is 0.671. The Labute approximate surface area is 114 Å². The predicted molar refractivity (Wildman–Crippen MR) is 75.5 cm³/mol. The molecule has 2 atom stereocenters. The lowest BCUT2D eigenvalue weighted by atomic mass is 9.87. The van der Waals surface area contributed by atoms with Crippen molar-refractivity contribution in [3.63, 3.8) is 0 Å². The molecule has 104 valence electrons. The Balaban J connectivity index is 1.73. The SMILES string of the molecule is Nc1ccc(CC(=O)NCC2CCCC(O)C2)cc1. The van der Waals surface area contributed by atoms with Crippen molar-refractivity contribution in [2.24, 2.45) is 5.92 Å². The Morgan fingerprint density at radius 3 is 2.74 bits per heavy atom. The molecule has 0 heterocycles. The molecule has 0 bridgehead atoms. The lowest BCUT2D eigenvalue weighted by Gasteiger charge is -2.25. The Bertz CT molecular complexity index is 417. The van der Waals surface area contributed by atoms with Gasteiger partial charge >= 0.3 is 0 Å². The first-order valence-corrected chi connectivity index (χ1v) is 6.92. The van der Waals surface area contributed by atoms with Crippen LogP contribution in [0.25, 0.3) is 0 Å². The van der Waals surface area contributed by atoms with Crippen LogP contribution in [0.15, 0.2) is 24.3 Å². The smallest absolute Gasteiger partial charge is 0.224 e. The molecule has 4 N–H and O–H groups in total. The number of benzene rings is 1. The molecule has 4 nitrogen and oxygen atoms in total. The first-order valence-electron chi connectivity index (χ1n) is 6.92. The van der Waals surface area contributed by atoms with Crippen LogP contribution in [0.1, 0.15) is 31.2 Å². The largest absolute Gasteiger partial charge is 0.399 e. The van der Waals surface area contributed by atoms with Gasteiger partial charge in [-0.05, 0) is 42.9 Å². The van der Waals surface area contributed by atoms with Crippen LogP contribution in [0.3, 0.4) is 0 Å². The highest BCUT2D eigenvalue weighted by molar-refractivity contribution is 5.78. The third-order valence-electron chi connectivity index (χ3n) is 3.69. The minimum Gasteiger partial charge on any atom is -0.399 e. The van der Waals surface area contributed by atoms with Gasteiger partial charge in [-0.15, -0.1) is 0 Å². The number of amides is 1. The van der Waals surface area contributed by atoms with Crippen LogP contribution in [-0.2, 0) is 11.2 Å². The third kappa shape index (κ3) is 4.56. The second kappa shape index (κ2) is 6.57. The molecule has 1 saturated carbocycles. The number of aliphatic hydroxyl groups is 1. The first-order chi connectivity index (χ1) is 9.13. The van der Waals surface area contributed by atoms with Crippen molar-refractivity contribution in [3.05, 3.63) is 29.8 Å². The fraction of sp³-hybridized carbons (Fsp3) is 0.533. The van der Waals surface area contributed by atoms with Crippen molar-refractivity contribution in [1.82, 2.24) is 5.32 Å². The third-order valence-corrected chi connectivity index (χ3v) is 3.69. The molecule has 0 radical (unpaired) electrons. The number of carbonyl (C=O) groups excluding carboxylic acids is 1. The zero-order valence-electron chi connectivity index (χ0n) is 11.1. The van der Waals surface area contributed by atoms with E-state index in [1.54, 1.807) is 12.1 Å². The minimum atomic E-state index is -0.187. The van der Waals surface area contributed by atoms with Crippen molar-refractivity contribution < 1.29 is 9.90 Å². The molecule has 0 aliphatic heterocycles. The number of hydrogen-bond acceptors (Lipinski definition) is 3. The number of hydrogen-bond donors (Lipinski definition) is 3. The van der Waals surface area contributed by atoms with Gasteiger partial charge < -0.3 is 16.2 Å². The zero-order valence-corrected chi connectivity index (χ0v) is 11.1. The number of rotatable bonds is 4. The maximum absolute atomic E-state index is 11.8. The summed E-state index contributed by atoms with van der Waals surface area (Å²) in [7, 11) is 0. The summed E-state index contributed by atoms with van der Waals surface area (Å²) in [5.74, 6) is 0.448. The molecule has 0 spiro atoms. The van der Waals surface area contributed by atoms with Gasteiger partial charge in [0, 0.05) is 12.2 Å². The van der Waals surface area contributed by atoms with E-state index in [-0.39, 0.29) is 12.0 Å². The number of carbonyl (C=O) groups is 1. The second-order valence-corrected chi connectivity index (χ2v) is 5.41. The monoisotopic (exact) mass is 262 g/mol. The van der Waals surface area contributed by atoms with Crippen molar-refractivity contribution in [2.75, 3.05) is 12.3 Å². The summed E-state index contributed by atoms with van der Waals surface area (Å²) in [6, 6.07) is 7.36. The summed E-state index contributed by atoms with van der Waals surface area (Å²) in [5.41, 5.74) is 7.28. The zero-order chi connectivity index (χ0) is 13.7. The van der Waals surface area contributed by atoms with Crippen LogP contribution in [-0.4, -0.2) is 23.7 Å². The molecular formula is C15H22N2O2. The second-order valence-electron chi connectivity index (χ2n) is 5.41. The topological polar surface area (TPSA) is 75.4 Å². The van der Waals surface area contributed by atoms with Crippen LogP contribution in [0.4, 0.5) is 5.69 Å². The fourth-order valence-corrected chi connectivity index (χ4v) is 2.59. The van der Waals surface area contributed by atoms with Gasteiger partial charge in [0.05, 0.1) is 12.5 Å². The van der Waals surface area contributed by atoms with E-state index < -0.39 is 0 Å². The molecule has 4 heteroatoms. The molecule has 2 unspecified atom stereocenters. The predicted octanol–water partition coefficient (Wildman–Crippen LogP) is 1.48. The normalized spacial score (nSPS) is 23.0. The molecule has 19 heavy (non-hydrogen) atoms. The van der Waals surface area contributed by atoms with E-state index in [1.807, 2.05) is 12.1 Å². The van der Waals surface area contributed by atoms with Crippen LogP contribution >= 0.6 is 0 Å². The van der Waals surface area contributed by atoms with Crippen molar-refractivity contribution >= 4 is 11.6 Å². The van der Waals surface area contributed by atoms with Gasteiger partial charge in [0.15, 0.2) is 0 Å². The lowest BCUT2D eigenvalue weighted by molar-refractivity contribution is -0.120. The van der Waals surface area contributed by atoms with Gasteiger partial charge in [-0.3, -0.25) is 4.79 Å². The molecule has 1 aromatic carbocycles. The van der Waals surface area contributed by atoms with Gasteiger partial charge in [0.25, 0.3) is 0 Å². The summed E-state index contributed by atoms with van der Waals surface area (Å²) in [4.78, 5) is 11.8. The first kappa shape index (κ1) is 13.9. The van der Waals surface area contributed by atoms with E-state index in [2.05, 4.69) is 5.32 Å². The average molecular weight is 262 g/mol. The van der Waals surface area contributed by atoms with E-state index in [4.69, 9.17) is 5.73 Å². The van der Waals surface area contributed by atoms with Gasteiger partial charge in [-0.1, -0.05) is 18.6 Å². The van der Waals surface area contributed by atoms with Crippen molar-refractivity contribution in [3.8, 4) is 0 Å². The Morgan fingerprint density at radius 1 is 1.32 bits per heavy atom. The maximum Gasteiger partial charge on any atom is 0.224 e. The van der Waals surface area contributed by atoms with Gasteiger partial charge in [-0.2, -0.15) is 0 Å². The maximum atomic E-state index is 11.8. The van der Waals surface area contributed by atoms with E-state index in [0.717, 1.165) is 31.2 Å². The number of nitrogens with one attached hydrogen (secondary N) is 1. The summed E-state index contributed by atoms with van der Waals surface area (Å²) in [6.07, 6.45) is 4.06. The summed E-state index contributed by atoms with van der Waals surface area (Å²) in [5, 5.41) is 12.5. The Kier molecular flexibility index (Phi) is 4.80. The van der Waals surface area contributed by atoms with E-state index in [0.29, 0.717) is 24.6 Å². The number of nitrogen functional groups attached to an aromatic ring is 1. The molecule has 0 saturated heterocycles. The number of nitrogens with two attached hydrogens (primary N) is 1. The van der Waals surface area contributed by atoms with Crippen molar-refractivity contribution in [2.45, 2.75) is 38.2 Å². The van der Waals surface area contributed by atoms with E-state index in [9.17, 15) is 9.90 Å². The van der Waals surface area contributed by atoms with Gasteiger partial charge in [-0.25, -0.2) is 0 Å². The highest BCUT2D eigenvalue weighted by atomic mass is 16.3. The van der Waals surface area contributed by atoms with Gasteiger partial charge in [0.2, 0.25) is 5.91 Å². The molecule has 2 rings (SSSR count). The molecule has 1 aliphatic carbocycles. The van der Waals surface area contributed by atoms with Crippen LogP contribution in [0.5, 0.6) is 0 Å². The van der Waals surface area contributed by atoms with E-state index >= 15 is 0 Å². The molecule has 1 aliphatic rings. The average Bonchev–Trinajstić information content (AvgIpc) is 2.39. The van der Waals surface area contributed by atoms with Gasteiger partial charge in [0.1, 0.15) is 0 Å². The molecular weight excluding hydrogens is 240 g/mol. The quantitative estimate of drug-likeness (QED) is 0.719. The summed E-state index contributed by atoms with van der Waals surface area (Å²) >= 11 is 0. The number of aliphatic hydroxyl groups excluding tert-OH is 1. The summed E-state index contributed by atoms with van der Waals surface area (Å²) < 4.78 is 0. The fourth-order valence-electron chi connectivity index (χ4n) is 2.59. The molecule has 1 amide bonds. The highest BCUT2D eigenvalue weighted by Crippen LogP contribution is 2.23. The van der Waals surface area contributed by atoms with Crippen molar-refractivity contribution in [1.29, 1.82) is 0 Å². The minimum absolute atomic E-state index is 0.0323. The molecule has 0 aromatic heterocycles. The van der Waals surface area contributed by atoms with Crippen LogP contribution < -0.4 is 11.1 Å². The Morgan fingerprint density at radius 2 is 2.05 bits per heavy atom. The Hall–Kier alpha value is -1.55. The molecule has 1 aromatic rings.